The lowest BCUT2D eigenvalue weighted by atomic mass is 10.0. The lowest BCUT2D eigenvalue weighted by Crippen LogP contribution is -2.51. The lowest BCUT2D eigenvalue weighted by Gasteiger charge is -2.36. The Morgan fingerprint density at radius 2 is 1.82 bits per heavy atom. The molecular weight excluding hydrogens is 375 g/mol. The Kier molecular flexibility index (Phi) is 6.37. The van der Waals surface area contributed by atoms with Crippen molar-refractivity contribution in [1.82, 2.24) is 4.98 Å². The first-order valence-electron chi connectivity index (χ1n) is 8.53. The molecule has 0 spiro atoms. The predicted molar refractivity (Wildman–Crippen MR) is 99.6 cm³/mol. The molecule has 1 N–H and O–H groups in total. The molecule has 0 bridgehead atoms. The third kappa shape index (κ3) is 5.51. The minimum Gasteiger partial charge on any atom is -0.478 e. The van der Waals surface area contributed by atoms with Gasteiger partial charge in [-0.15, -0.1) is 13.2 Å². The predicted octanol–water partition coefficient (Wildman–Crippen LogP) is 4.23. The van der Waals surface area contributed by atoms with Crippen LogP contribution in [-0.4, -0.2) is 36.4 Å². The number of halogens is 3. The Bertz CT molecular complexity index is 808. The summed E-state index contributed by atoms with van der Waals surface area (Å²) < 4.78 is 45.9. The minimum absolute atomic E-state index is 0.339. The minimum atomic E-state index is -4.76. The number of ether oxygens (including phenoxy) is 2. The summed E-state index contributed by atoms with van der Waals surface area (Å²) in [6.07, 6.45) is -3.18. The molecule has 0 aliphatic heterocycles. The second-order valence-corrected chi connectivity index (χ2v) is 6.43. The topological polar surface area (TPSA) is 63.7 Å². The molecular formula is C19H22F3N3O3. The first kappa shape index (κ1) is 21.3. The number of nitrogens with zero attached hydrogens (tertiary/aromatic N) is 2. The van der Waals surface area contributed by atoms with Gasteiger partial charge in [0.2, 0.25) is 11.8 Å². The third-order valence-corrected chi connectivity index (χ3v) is 4.14. The molecule has 1 amide bonds. The number of nitrogens with one attached hydrogen (secondary N) is 1. The van der Waals surface area contributed by atoms with E-state index >= 15 is 0 Å². The number of aromatic nitrogens is 1. The van der Waals surface area contributed by atoms with Gasteiger partial charge in [-0.2, -0.15) is 0 Å². The number of alkyl halides is 3. The van der Waals surface area contributed by atoms with Crippen LogP contribution in [0.1, 0.15) is 20.8 Å². The van der Waals surface area contributed by atoms with Crippen molar-refractivity contribution < 1.29 is 27.4 Å². The van der Waals surface area contributed by atoms with Crippen molar-refractivity contribution in [2.75, 3.05) is 23.9 Å². The zero-order valence-corrected chi connectivity index (χ0v) is 16.0. The summed E-state index contributed by atoms with van der Waals surface area (Å²) in [6, 6.07) is 8.43. The van der Waals surface area contributed by atoms with E-state index in [1.807, 2.05) is 6.92 Å². The van der Waals surface area contributed by atoms with Crippen LogP contribution in [0.3, 0.4) is 0 Å². The van der Waals surface area contributed by atoms with E-state index in [4.69, 9.17) is 4.74 Å². The summed E-state index contributed by atoms with van der Waals surface area (Å²) >= 11 is 0. The Balaban J connectivity index is 2.10. The molecule has 0 aliphatic carbocycles. The molecule has 1 aromatic carbocycles. The molecule has 1 aromatic heterocycles. The number of amides is 1. The van der Waals surface area contributed by atoms with E-state index in [0.29, 0.717) is 18.2 Å². The highest BCUT2D eigenvalue weighted by Crippen LogP contribution is 2.27. The lowest BCUT2D eigenvalue weighted by molar-refractivity contribution is -0.274. The third-order valence-electron chi connectivity index (χ3n) is 4.14. The van der Waals surface area contributed by atoms with Gasteiger partial charge in [0, 0.05) is 30.7 Å². The Morgan fingerprint density at radius 3 is 2.39 bits per heavy atom. The van der Waals surface area contributed by atoms with Crippen molar-refractivity contribution in [3.8, 4) is 11.6 Å². The summed E-state index contributed by atoms with van der Waals surface area (Å²) in [7, 11) is 1.75. The summed E-state index contributed by atoms with van der Waals surface area (Å²) in [6.45, 7) is 5.77. The normalized spacial score (nSPS) is 11.7. The number of hydrogen-bond acceptors (Lipinski definition) is 5. The van der Waals surface area contributed by atoms with Crippen molar-refractivity contribution in [3.63, 3.8) is 0 Å². The van der Waals surface area contributed by atoms with E-state index in [0.717, 1.165) is 17.8 Å². The first-order valence-corrected chi connectivity index (χ1v) is 8.53. The smallest absolute Gasteiger partial charge is 0.478 e. The highest BCUT2D eigenvalue weighted by atomic mass is 19.4. The number of carbonyl (C=O) groups is 1. The van der Waals surface area contributed by atoms with Crippen molar-refractivity contribution >= 4 is 17.3 Å². The average Bonchev–Trinajstić information content (AvgIpc) is 2.62. The highest BCUT2D eigenvalue weighted by molar-refractivity contribution is 5.99. The second kappa shape index (κ2) is 8.37. The molecule has 0 atom stereocenters. The van der Waals surface area contributed by atoms with E-state index in [9.17, 15) is 18.0 Å². The molecule has 0 saturated carbocycles. The SMILES string of the molecule is CCOc1cc(N(C)C(C)(C)C(=O)Nc2ccc(OC(F)(F)F)cc2)ccn1. The number of likely N-dealkylation sites (N-methyl/N-ethyl adjacent to an activating group) is 1. The summed E-state index contributed by atoms with van der Waals surface area (Å²) in [4.78, 5) is 18.6. The zero-order chi connectivity index (χ0) is 20.9. The van der Waals surface area contributed by atoms with Crippen molar-refractivity contribution in [2.45, 2.75) is 32.7 Å². The number of carbonyl (C=O) groups excluding carboxylic acids is 1. The summed E-state index contributed by atoms with van der Waals surface area (Å²) in [5, 5.41) is 2.70. The highest BCUT2D eigenvalue weighted by Gasteiger charge is 2.33. The molecule has 2 aromatic rings. The molecule has 2 rings (SSSR count). The molecule has 0 saturated heterocycles. The van der Waals surface area contributed by atoms with Crippen LogP contribution in [-0.2, 0) is 4.79 Å². The van der Waals surface area contributed by atoms with Crippen molar-refractivity contribution in [2.24, 2.45) is 0 Å². The van der Waals surface area contributed by atoms with Gasteiger partial charge in [0.05, 0.1) is 6.61 Å². The maximum Gasteiger partial charge on any atom is 0.573 e. The fourth-order valence-electron chi connectivity index (χ4n) is 2.33. The van der Waals surface area contributed by atoms with Gasteiger partial charge >= 0.3 is 6.36 Å². The molecule has 6 nitrogen and oxygen atoms in total. The van der Waals surface area contributed by atoms with Crippen LogP contribution >= 0.6 is 0 Å². The van der Waals surface area contributed by atoms with Gasteiger partial charge in [-0.1, -0.05) is 0 Å². The first-order chi connectivity index (χ1) is 13.0. The largest absolute Gasteiger partial charge is 0.573 e. The van der Waals surface area contributed by atoms with Gasteiger partial charge < -0.3 is 19.7 Å². The number of pyridine rings is 1. The van der Waals surface area contributed by atoms with Gasteiger partial charge in [0.15, 0.2) is 0 Å². The van der Waals surface area contributed by atoms with Crippen molar-refractivity contribution in [1.29, 1.82) is 0 Å². The van der Waals surface area contributed by atoms with Gasteiger partial charge in [0.1, 0.15) is 11.3 Å². The van der Waals surface area contributed by atoms with Crippen LogP contribution in [0.2, 0.25) is 0 Å². The van der Waals surface area contributed by atoms with Crippen molar-refractivity contribution in [3.05, 3.63) is 42.6 Å². The van der Waals surface area contributed by atoms with Gasteiger partial charge in [-0.3, -0.25) is 4.79 Å². The van der Waals surface area contributed by atoms with Crippen LogP contribution in [0.4, 0.5) is 24.5 Å². The van der Waals surface area contributed by atoms with E-state index in [1.165, 1.54) is 12.1 Å². The zero-order valence-electron chi connectivity index (χ0n) is 16.0. The van der Waals surface area contributed by atoms with Crippen LogP contribution in [0, 0.1) is 0 Å². The number of benzene rings is 1. The Hall–Kier alpha value is -2.97. The molecule has 1 heterocycles. The standard InChI is InChI=1S/C19H22F3N3O3/c1-5-27-16-12-14(10-11-23-16)25(4)18(2,3)17(26)24-13-6-8-15(9-7-13)28-19(20,21)22/h6-12H,5H2,1-4H3,(H,24,26). The van der Waals surface area contributed by atoms with E-state index in [1.54, 1.807) is 44.1 Å². The number of hydrogen-bond donors (Lipinski definition) is 1. The van der Waals surface area contributed by atoms with Crippen LogP contribution < -0.4 is 19.7 Å². The summed E-state index contributed by atoms with van der Waals surface area (Å²) in [5.41, 5.74) is 0.115. The Labute approximate surface area is 161 Å². The van der Waals surface area contributed by atoms with Gasteiger partial charge in [0.25, 0.3) is 0 Å². The van der Waals surface area contributed by atoms with Gasteiger partial charge in [-0.05, 0) is 51.1 Å². The van der Waals surface area contributed by atoms with E-state index in [-0.39, 0.29) is 11.7 Å². The molecule has 0 unspecified atom stereocenters. The monoisotopic (exact) mass is 397 g/mol. The molecule has 9 heteroatoms. The maximum absolute atomic E-state index is 12.8. The van der Waals surface area contributed by atoms with Crippen LogP contribution in [0.5, 0.6) is 11.6 Å². The molecule has 0 aliphatic rings. The summed E-state index contributed by atoms with van der Waals surface area (Å²) in [5.74, 6) is -0.250. The average molecular weight is 397 g/mol. The molecule has 0 fully saturated rings. The van der Waals surface area contributed by atoms with Gasteiger partial charge in [-0.25, -0.2) is 4.98 Å². The fourth-order valence-corrected chi connectivity index (χ4v) is 2.33. The maximum atomic E-state index is 12.8. The van der Waals surface area contributed by atoms with Crippen LogP contribution in [0.15, 0.2) is 42.6 Å². The number of rotatable bonds is 7. The molecule has 152 valence electrons. The fraction of sp³-hybridized carbons (Fsp3) is 0.368. The second-order valence-electron chi connectivity index (χ2n) is 6.43. The molecule has 28 heavy (non-hydrogen) atoms. The van der Waals surface area contributed by atoms with E-state index in [2.05, 4.69) is 15.0 Å². The Morgan fingerprint density at radius 1 is 1.18 bits per heavy atom. The van der Waals surface area contributed by atoms with E-state index < -0.39 is 11.9 Å². The van der Waals surface area contributed by atoms with Crippen LogP contribution in [0.25, 0.3) is 0 Å². The quantitative estimate of drug-likeness (QED) is 0.758. The number of anilines is 2. The molecule has 0 radical (unpaired) electrons.